The molecule has 1 aromatic heterocycles. The lowest BCUT2D eigenvalue weighted by Gasteiger charge is -2.20. The molecule has 0 fully saturated rings. The summed E-state index contributed by atoms with van der Waals surface area (Å²) in [6.07, 6.45) is 2.83. The molecule has 20 heavy (non-hydrogen) atoms. The van der Waals surface area contributed by atoms with Crippen LogP contribution in [0, 0.1) is 0 Å². The predicted octanol–water partition coefficient (Wildman–Crippen LogP) is 3.07. The van der Waals surface area contributed by atoms with Gasteiger partial charge in [0.1, 0.15) is 0 Å². The zero-order valence-electron chi connectivity index (χ0n) is 12.1. The number of hydrogen-bond acceptors (Lipinski definition) is 1. The summed E-state index contributed by atoms with van der Waals surface area (Å²) in [6, 6.07) is 5.84. The lowest BCUT2D eigenvalue weighted by Crippen LogP contribution is -2.45. The highest BCUT2D eigenvalue weighted by molar-refractivity contribution is 6.31. The van der Waals surface area contributed by atoms with Crippen LogP contribution in [0.15, 0.2) is 29.4 Å². The van der Waals surface area contributed by atoms with E-state index in [1.807, 2.05) is 24.4 Å². The van der Waals surface area contributed by atoms with Crippen LogP contribution < -0.4 is 11.1 Å². The molecule has 0 aliphatic heterocycles. The van der Waals surface area contributed by atoms with Gasteiger partial charge in [0.15, 0.2) is 5.96 Å². The minimum Gasteiger partial charge on any atom is -0.370 e. The second-order valence-electron chi connectivity index (χ2n) is 5.90. The Hall–Kier alpha value is -1.68. The van der Waals surface area contributed by atoms with Crippen LogP contribution in [-0.2, 0) is 6.42 Å². The Labute approximate surface area is 124 Å². The molecule has 5 heteroatoms. The molecule has 0 unspecified atom stereocenters. The minimum atomic E-state index is -0.0676. The summed E-state index contributed by atoms with van der Waals surface area (Å²) >= 11 is 6.03. The number of benzene rings is 1. The normalized spacial score (nSPS) is 12.9. The third-order valence-corrected chi connectivity index (χ3v) is 3.13. The number of fused-ring (bicyclic) bond motifs is 1. The van der Waals surface area contributed by atoms with E-state index < -0.39 is 0 Å². The maximum atomic E-state index is 6.03. The van der Waals surface area contributed by atoms with Crippen molar-refractivity contribution in [3.63, 3.8) is 0 Å². The summed E-state index contributed by atoms with van der Waals surface area (Å²) in [5.41, 5.74) is 8.07. The summed E-state index contributed by atoms with van der Waals surface area (Å²) in [5, 5.41) is 5.04. The van der Waals surface area contributed by atoms with E-state index >= 15 is 0 Å². The number of guanidine groups is 1. The molecule has 0 spiro atoms. The first-order valence-corrected chi connectivity index (χ1v) is 7.06. The van der Waals surface area contributed by atoms with Crippen LogP contribution >= 0.6 is 11.6 Å². The number of nitrogens with zero attached hydrogens (tertiary/aromatic N) is 1. The Bertz CT molecular complexity index is 622. The fraction of sp³-hybridized carbons (Fsp3) is 0.400. The van der Waals surface area contributed by atoms with Gasteiger partial charge >= 0.3 is 0 Å². The topological polar surface area (TPSA) is 66.2 Å². The van der Waals surface area contributed by atoms with Crippen molar-refractivity contribution >= 4 is 28.5 Å². The van der Waals surface area contributed by atoms with E-state index in [2.05, 4.69) is 36.1 Å². The molecule has 4 nitrogen and oxygen atoms in total. The molecule has 0 radical (unpaired) electrons. The number of hydrogen-bond donors (Lipinski definition) is 3. The van der Waals surface area contributed by atoms with Crippen LogP contribution in [-0.4, -0.2) is 23.0 Å². The first kappa shape index (κ1) is 14.7. The monoisotopic (exact) mass is 292 g/mol. The molecule has 0 atom stereocenters. The van der Waals surface area contributed by atoms with E-state index in [0.717, 1.165) is 22.3 Å². The number of rotatable bonds is 3. The van der Waals surface area contributed by atoms with E-state index in [1.54, 1.807) is 0 Å². The molecule has 0 bridgehead atoms. The SMILES string of the molecule is CC(C)(C)NC(N)=NCCc1c[nH]c2ccc(Cl)cc12. The Balaban J connectivity index is 2.03. The first-order chi connectivity index (χ1) is 9.35. The van der Waals surface area contributed by atoms with Crippen molar-refractivity contribution < 1.29 is 0 Å². The van der Waals surface area contributed by atoms with E-state index in [0.29, 0.717) is 12.5 Å². The summed E-state index contributed by atoms with van der Waals surface area (Å²) in [5.74, 6) is 0.482. The van der Waals surface area contributed by atoms with Crippen LogP contribution in [0.25, 0.3) is 10.9 Å². The molecular formula is C15H21ClN4. The molecule has 0 aliphatic rings. The third-order valence-electron chi connectivity index (χ3n) is 2.90. The number of aromatic amines is 1. The van der Waals surface area contributed by atoms with Gasteiger partial charge in [0, 0.05) is 34.2 Å². The lowest BCUT2D eigenvalue weighted by molar-refractivity contribution is 0.508. The van der Waals surface area contributed by atoms with Gasteiger partial charge in [0.2, 0.25) is 0 Å². The average Bonchev–Trinajstić information content (AvgIpc) is 2.69. The minimum absolute atomic E-state index is 0.0676. The smallest absolute Gasteiger partial charge is 0.188 e. The van der Waals surface area contributed by atoms with Crippen molar-refractivity contribution in [1.29, 1.82) is 0 Å². The molecule has 1 heterocycles. The Morgan fingerprint density at radius 1 is 1.40 bits per heavy atom. The maximum Gasteiger partial charge on any atom is 0.188 e. The van der Waals surface area contributed by atoms with Gasteiger partial charge in [-0.2, -0.15) is 0 Å². The second kappa shape index (κ2) is 5.75. The van der Waals surface area contributed by atoms with Crippen molar-refractivity contribution in [2.24, 2.45) is 10.7 Å². The molecule has 108 valence electrons. The van der Waals surface area contributed by atoms with E-state index in [1.165, 1.54) is 5.56 Å². The molecule has 1 aromatic carbocycles. The van der Waals surface area contributed by atoms with Crippen molar-refractivity contribution in [2.75, 3.05) is 6.54 Å². The Morgan fingerprint density at radius 2 is 2.15 bits per heavy atom. The summed E-state index contributed by atoms with van der Waals surface area (Å²) in [4.78, 5) is 7.59. The maximum absolute atomic E-state index is 6.03. The summed E-state index contributed by atoms with van der Waals surface area (Å²) in [7, 11) is 0. The number of aliphatic imine (C=N–C) groups is 1. The molecule has 2 aromatic rings. The van der Waals surface area contributed by atoms with Crippen LogP contribution in [0.1, 0.15) is 26.3 Å². The van der Waals surface area contributed by atoms with Crippen molar-refractivity contribution in [3.8, 4) is 0 Å². The highest BCUT2D eigenvalue weighted by atomic mass is 35.5. The molecular weight excluding hydrogens is 272 g/mol. The van der Waals surface area contributed by atoms with Gasteiger partial charge in [-0.15, -0.1) is 0 Å². The summed E-state index contributed by atoms with van der Waals surface area (Å²) in [6.45, 7) is 6.81. The molecule has 0 aliphatic carbocycles. The first-order valence-electron chi connectivity index (χ1n) is 6.69. The van der Waals surface area contributed by atoms with Gasteiger partial charge in [-0.1, -0.05) is 11.6 Å². The van der Waals surface area contributed by atoms with Crippen LogP contribution in [0.5, 0.6) is 0 Å². The van der Waals surface area contributed by atoms with Crippen molar-refractivity contribution in [2.45, 2.75) is 32.7 Å². The zero-order valence-corrected chi connectivity index (χ0v) is 12.9. The zero-order chi connectivity index (χ0) is 14.8. The number of halogens is 1. The quantitative estimate of drug-likeness (QED) is 0.601. The van der Waals surface area contributed by atoms with Crippen LogP contribution in [0.4, 0.5) is 0 Å². The van der Waals surface area contributed by atoms with Gasteiger partial charge in [0.05, 0.1) is 0 Å². The van der Waals surface area contributed by atoms with Crippen LogP contribution in [0.3, 0.4) is 0 Å². The lowest BCUT2D eigenvalue weighted by atomic mass is 10.1. The Morgan fingerprint density at radius 3 is 2.85 bits per heavy atom. The largest absolute Gasteiger partial charge is 0.370 e. The number of aromatic nitrogens is 1. The van der Waals surface area contributed by atoms with E-state index in [9.17, 15) is 0 Å². The fourth-order valence-electron chi connectivity index (χ4n) is 2.08. The highest BCUT2D eigenvalue weighted by Gasteiger charge is 2.09. The highest BCUT2D eigenvalue weighted by Crippen LogP contribution is 2.22. The second-order valence-corrected chi connectivity index (χ2v) is 6.33. The van der Waals surface area contributed by atoms with E-state index in [-0.39, 0.29) is 5.54 Å². The third kappa shape index (κ3) is 3.90. The van der Waals surface area contributed by atoms with E-state index in [4.69, 9.17) is 17.3 Å². The number of nitrogens with two attached hydrogens (primary N) is 1. The van der Waals surface area contributed by atoms with Crippen molar-refractivity contribution in [3.05, 3.63) is 35.0 Å². The Kier molecular flexibility index (Phi) is 4.23. The summed E-state index contributed by atoms with van der Waals surface area (Å²) < 4.78 is 0. The average molecular weight is 293 g/mol. The fourth-order valence-corrected chi connectivity index (χ4v) is 2.25. The van der Waals surface area contributed by atoms with Gasteiger partial charge in [-0.3, -0.25) is 4.99 Å². The molecule has 0 amide bonds. The van der Waals surface area contributed by atoms with Gasteiger partial charge in [-0.25, -0.2) is 0 Å². The predicted molar refractivity (Wildman–Crippen MR) is 86.4 cm³/mol. The van der Waals surface area contributed by atoms with Gasteiger partial charge in [0.25, 0.3) is 0 Å². The van der Waals surface area contributed by atoms with Gasteiger partial charge in [-0.05, 0) is 51.0 Å². The van der Waals surface area contributed by atoms with Crippen LogP contribution in [0.2, 0.25) is 5.02 Å². The molecule has 4 N–H and O–H groups in total. The molecule has 2 rings (SSSR count). The molecule has 0 saturated carbocycles. The van der Waals surface area contributed by atoms with Gasteiger partial charge < -0.3 is 16.0 Å². The number of nitrogens with one attached hydrogen (secondary N) is 2. The van der Waals surface area contributed by atoms with Crippen molar-refractivity contribution in [1.82, 2.24) is 10.3 Å². The molecule has 0 saturated heterocycles. The number of H-pyrrole nitrogens is 1. The standard InChI is InChI=1S/C15H21ClN4/c1-15(2,3)20-14(17)18-7-6-10-9-19-13-5-4-11(16)8-12(10)13/h4-5,8-9,19H,6-7H2,1-3H3,(H3,17,18,20).